The molecule has 0 aliphatic heterocycles. The second-order valence-electron chi connectivity index (χ2n) is 5.14. The van der Waals surface area contributed by atoms with Gasteiger partial charge in [0.05, 0.1) is 23.0 Å². The van der Waals surface area contributed by atoms with Gasteiger partial charge in [0.2, 0.25) is 0 Å². The number of hydrogen-bond donors (Lipinski definition) is 1. The van der Waals surface area contributed by atoms with Gasteiger partial charge in [0.1, 0.15) is 0 Å². The van der Waals surface area contributed by atoms with Crippen molar-refractivity contribution >= 4 is 28.2 Å². The van der Waals surface area contributed by atoms with Gasteiger partial charge < -0.3 is 10.3 Å². The topological polar surface area (TPSA) is 48.8 Å². The third-order valence-electron chi connectivity index (χ3n) is 3.81. The van der Waals surface area contributed by atoms with E-state index in [1.807, 2.05) is 22.9 Å². The lowest BCUT2D eigenvalue weighted by atomic mass is 10.2. The fourth-order valence-corrected chi connectivity index (χ4v) is 3.01. The van der Waals surface area contributed by atoms with Gasteiger partial charge in [-0.15, -0.1) is 0 Å². The van der Waals surface area contributed by atoms with Crippen molar-refractivity contribution in [1.82, 2.24) is 14.3 Å². The predicted octanol–water partition coefficient (Wildman–Crippen LogP) is 3.70. The summed E-state index contributed by atoms with van der Waals surface area (Å²) in [6.45, 7) is 5.70. The highest BCUT2D eigenvalue weighted by molar-refractivity contribution is 6.31. The summed E-state index contributed by atoms with van der Waals surface area (Å²) in [5.41, 5.74) is 9.80. The van der Waals surface area contributed by atoms with Gasteiger partial charge in [-0.2, -0.15) is 5.10 Å². The normalized spacial score (nSPS) is 11.4. The zero-order valence-corrected chi connectivity index (χ0v) is 13.1. The van der Waals surface area contributed by atoms with Crippen molar-refractivity contribution in [1.29, 1.82) is 0 Å². The summed E-state index contributed by atoms with van der Waals surface area (Å²) < 4.78 is 4.17. The lowest BCUT2D eigenvalue weighted by Gasteiger charge is -2.08. The molecule has 0 amide bonds. The molecule has 0 radical (unpaired) electrons. The highest BCUT2D eigenvalue weighted by atomic mass is 35.5. The van der Waals surface area contributed by atoms with E-state index in [1.165, 1.54) is 0 Å². The molecule has 3 aromatic rings. The highest BCUT2D eigenvalue weighted by Crippen LogP contribution is 2.25. The molecule has 5 heteroatoms. The zero-order valence-electron chi connectivity index (χ0n) is 12.3. The summed E-state index contributed by atoms with van der Waals surface area (Å²) in [5, 5.41) is 6.50. The minimum atomic E-state index is 0.715. The molecule has 0 atom stereocenters. The molecule has 0 saturated carbocycles. The van der Waals surface area contributed by atoms with Crippen LogP contribution in [0.15, 0.2) is 30.5 Å². The maximum absolute atomic E-state index is 6.49. The average molecular weight is 303 g/mol. The Kier molecular flexibility index (Phi) is 3.64. The standard InChI is InChI=1S/C16H19ClN4/c1-3-13-16(17)15(21(4-2)19-13)10-20-8-7-11-9-12(18)5-6-14(11)20/h5-9H,3-4,10,18H2,1-2H3. The summed E-state index contributed by atoms with van der Waals surface area (Å²) in [7, 11) is 0. The maximum atomic E-state index is 6.49. The van der Waals surface area contributed by atoms with Crippen LogP contribution in [-0.4, -0.2) is 14.3 Å². The van der Waals surface area contributed by atoms with Crippen LogP contribution < -0.4 is 5.73 Å². The smallest absolute Gasteiger partial charge is 0.0868 e. The molecule has 110 valence electrons. The van der Waals surface area contributed by atoms with E-state index >= 15 is 0 Å². The number of benzene rings is 1. The van der Waals surface area contributed by atoms with Gasteiger partial charge in [-0.25, -0.2) is 0 Å². The lowest BCUT2D eigenvalue weighted by Crippen LogP contribution is -2.07. The minimum absolute atomic E-state index is 0.715. The van der Waals surface area contributed by atoms with E-state index in [0.717, 1.165) is 46.0 Å². The van der Waals surface area contributed by atoms with E-state index in [0.29, 0.717) is 6.54 Å². The van der Waals surface area contributed by atoms with Crippen molar-refractivity contribution in [3.63, 3.8) is 0 Å². The number of aromatic nitrogens is 3. The van der Waals surface area contributed by atoms with Crippen molar-refractivity contribution in [2.45, 2.75) is 33.4 Å². The van der Waals surface area contributed by atoms with Gasteiger partial charge in [-0.1, -0.05) is 18.5 Å². The van der Waals surface area contributed by atoms with Gasteiger partial charge in [0.15, 0.2) is 0 Å². The minimum Gasteiger partial charge on any atom is -0.399 e. The van der Waals surface area contributed by atoms with Gasteiger partial charge in [0, 0.05) is 29.3 Å². The van der Waals surface area contributed by atoms with Crippen LogP contribution in [0.3, 0.4) is 0 Å². The first-order valence-electron chi connectivity index (χ1n) is 7.22. The van der Waals surface area contributed by atoms with E-state index in [-0.39, 0.29) is 0 Å². The van der Waals surface area contributed by atoms with E-state index in [4.69, 9.17) is 17.3 Å². The fourth-order valence-electron chi connectivity index (χ4n) is 2.69. The van der Waals surface area contributed by atoms with Crippen LogP contribution in [0.5, 0.6) is 0 Å². The van der Waals surface area contributed by atoms with Crippen LogP contribution in [0.25, 0.3) is 10.9 Å². The number of anilines is 1. The van der Waals surface area contributed by atoms with Gasteiger partial charge in [-0.05, 0) is 37.6 Å². The molecule has 4 nitrogen and oxygen atoms in total. The first kappa shape index (κ1) is 14.0. The lowest BCUT2D eigenvalue weighted by molar-refractivity contribution is 0.599. The third-order valence-corrected chi connectivity index (χ3v) is 4.25. The molecule has 2 heterocycles. The molecule has 0 bridgehead atoms. The van der Waals surface area contributed by atoms with Crippen molar-refractivity contribution in [3.05, 3.63) is 46.9 Å². The van der Waals surface area contributed by atoms with Gasteiger partial charge in [-0.3, -0.25) is 4.68 Å². The highest BCUT2D eigenvalue weighted by Gasteiger charge is 2.15. The molecule has 2 N–H and O–H groups in total. The molecule has 2 aromatic heterocycles. The van der Waals surface area contributed by atoms with Crippen LogP contribution in [0.2, 0.25) is 5.02 Å². The van der Waals surface area contributed by atoms with E-state index in [9.17, 15) is 0 Å². The molecule has 1 aromatic carbocycles. The molecule has 0 aliphatic rings. The number of rotatable bonds is 4. The molecule has 0 spiro atoms. The van der Waals surface area contributed by atoms with Crippen LogP contribution in [0.1, 0.15) is 25.2 Å². The quantitative estimate of drug-likeness (QED) is 0.747. The molecular formula is C16H19ClN4. The Morgan fingerprint density at radius 1 is 1.24 bits per heavy atom. The second kappa shape index (κ2) is 5.45. The van der Waals surface area contributed by atoms with Crippen molar-refractivity contribution < 1.29 is 0 Å². The van der Waals surface area contributed by atoms with Crippen molar-refractivity contribution in [3.8, 4) is 0 Å². The van der Waals surface area contributed by atoms with Crippen LogP contribution in [0.4, 0.5) is 5.69 Å². The number of fused-ring (bicyclic) bond motifs is 1. The number of nitrogen functional groups attached to an aromatic ring is 1. The van der Waals surface area contributed by atoms with Crippen LogP contribution >= 0.6 is 11.6 Å². The second-order valence-corrected chi connectivity index (χ2v) is 5.52. The third kappa shape index (κ3) is 2.40. The van der Waals surface area contributed by atoms with Gasteiger partial charge in [0.25, 0.3) is 0 Å². The van der Waals surface area contributed by atoms with Crippen LogP contribution in [0, 0.1) is 0 Å². The molecule has 0 saturated heterocycles. The Hall–Kier alpha value is -1.94. The van der Waals surface area contributed by atoms with E-state index < -0.39 is 0 Å². The Morgan fingerprint density at radius 2 is 2.05 bits per heavy atom. The summed E-state index contributed by atoms with van der Waals surface area (Å²) in [6.07, 6.45) is 2.92. The van der Waals surface area contributed by atoms with E-state index in [1.54, 1.807) is 0 Å². The molecule has 0 aliphatic carbocycles. The molecular weight excluding hydrogens is 284 g/mol. The predicted molar refractivity (Wildman–Crippen MR) is 87.7 cm³/mol. The summed E-state index contributed by atoms with van der Waals surface area (Å²) in [5.74, 6) is 0. The zero-order chi connectivity index (χ0) is 15.0. The Balaban J connectivity index is 2.04. The molecule has 0 unspecified atom stereocenters. The maximum Gasteiger partial charge on any atom is 0.0868 e. The Labute approximate surface area is 129 Å². The first-order valence-corrected chi connectivity index (χ1v) is 7.60. The monoisotopic (exact) mass is 302 g/mol. The summed E-state index contributed by atoms with van der Waals surface area (Å²) >= 11 is 6.49. The number of hydrogen-bond acceptors (Lipinski definition) is 2. The largest absolute Gasteiger partial charge is 0.399 e. The molecule has 0 fully saturated rings. The first-order chi connectivity index (χ1) is 10.1. The molecule has 3 rings (SSSR count). The van der Waals surface area contributed by atoms with E-state index in [2.05, 4.69) is 35.8 Å². The number of nitrogens with two attached hydrogens (primary N) is 1. The van der Waals surface area contributed by atoms with Gasteiger partial charge >= 0.3 is 0 Å². The van der Waals surface area contributed by atoms with Crippen molar-refractivity contribution in [2.24, 2.45) is 0 Å². The summed E-state index contributed by atoms with van der Waals surface area (Å²) in [4.78, 5) is 0. The number of nitrogens with zero attached hydrogens (tertiary/aromatic N) is 3. The number of aryl methyl sites for hydroxylation is 2. The Bertz CT molecular complexity index is 785. The fraction of sp³-hybridized carbons (Fsp3) is 0.312. The SMILES string of the molecule is CCc1nn(CC)c(Cn2ccc3cc(N)ccc32)c1Cl. The van der Waals surface area contributed by atoms with Crippen LogP contribution in [-0.2, 0) is 19.5 Å². The Morgan fingerprint density at radius 3 is 2.76 bits per heavy atom. The number of halogens is 1. The summed E-state index contributed by atoms with van der Waals surface area (Å²) in [6, 6.07) is 8.04. The average Bonchev–Trinajstić information content (AvgIpc) is 3.01. The van der Waals surface area contributed by atoms with Crippen molar-refractivity contribution in [2.75, 3.05) is 5.73 Å². The molecule has 21 heavy (non-hydrogen) atoms.